The van der Waals surface area contributed by atoms with Gasteiger partial charge < -0.3 is 69.7 Å². The van der Waals surface area contributed by atoms with E-state index < -0.39 is 110 Å². The molecular formula is C22H35ClN2O14. The summed E-state index contributed by atoms with van der Waals surface area (Å²) in [5.74, 6) is -1.52. The number of amides is 2. The highest BCUT2D eigenvalue weighted by Gasteiger charge is 2.54. The van der Waals surface area contributed by atoms with Gasteiger partial charge in [-0.25, -0.2) is 0 Å². The average molecular weight is 587 g/mol. The number of carbonyl (C=O) groups is 2. The molecular weight excluding hydrogens is 552 g/mol. The molecule has 4 bridgehead atoms. The van der Waals surface area contributed by atoms with Crippen molar-refractivity contribution in [3.63, 3.8) is 0 Å². The maximum atomic E-state index is 12.8. The second-order valence-electron chi connectivity index (χ2n) is 9.83. The lowest BCUT2D eigenvalue weighted by Gasteiger charge is -2.48. The number of methoxy groups -OCH3 is 1. The number of aliphatic hydroxyl groups excluding tert-OH is 6. The van der Waals surface area contributed by atoms with Gasteiger partial charge in [0, 0.05) is 20.1 Å². The van der Waals surface area contributed by atoms with E-state index in [1.165, 1.54) is 14.0 Å². The van der Waals surface area contributed by atoms with Crippen molar-refractivity contribution in [3.05, 3.63) is 0 Å². The van der Waals surface area contributed by atoms with Gasteiger partial charge >= 0.3 is 0 Å². The molecule has 4 fully saturated rings. The van der Waals surface area contributed by atoms with Crippen LogP contribution in [0.3, 0.4) is 0 Å². The van der Waals surface area contributed by atoms with Gasteiger partial charge in [-0.05, 0) is 6.92 Å². The Morgan fingerprint density at radius 1 is 0.897 bits per heavy atom. The quantitative estimate of drug-likeness (QED) is 0.142. The minimum absolute atomic E-state index is 0.228. The number of ether oxygens (including phenoxy) is 6. The van der Waals surface area contributed by atoms with Crippen molar-refractivity contribution >= 4 is 23.4 Å². The molecule has 0 aromatic heterocycles. The Balaban J connectivity index is 1.69. The van der Waals surface area contributed by atoms with Crippen LogP contribution in [-0.4, -0.2) is 154 Å². The fourth-order valence-corrected chi connectivity index (χ4v) is 5.30. The van der Waals surface area contributed by atoms with Crippen LogP contribution in [0.25, 0.3) is 0 Å². The van der Waals surface area contributed by atoms with Crippen molar-refractivity contribution in [3.8, 4) is 0 Å². The molecule has 0 saturated carbocycles. The van der Waals surface area contributed by atoms with Gasteiger partial charge in [-0.3, -0.25) is 9.59 Å². The van der Waals surface area contributed by atoms with E-state index in [1.54, 1.807) is 0 Å². The highest BCUT2D eigenvalue weighted by atomic mass is 35.5. The van der Waals surface area contributed by atoms with Gasteiger partial charge in [0.05, 0.1) is 12.7 Å². The minimum Gasteiger partial charge on any atom is -0.394 e. The largest absolute Gasteiger partial charge is 0.394 e. The number of fused-ring (bicyclic) bond motifs is 5. The summed E-state index contributed by atoms with van der Waals surface area (Å²) < 4.78 is 33.8. The van der Waals surface area contributed by atoms with Crippen molar-refractivity contribution in [2.24, 2.45) is 0 Å². The van der Waals surface area contributed by atoms with Crippen molar-refractivity contribution in [1.29, 1.82) is 0 Å². The van der Waals surface area contributed by atoms with Crippen LogP contribution < -0.4 is 10.6 Å². The second kappa shape index (κ2) is 12.7. The fraction of sp³-hybridized carbons (Fsp3) is 0.909. The Kier molecular flexibility index (Phi) is 10.0. The number of carbonyl (C=O) groups excluding carboxylic acids is 2. The number of alkyl halides is 1. The number of aliphatic hydroxyl groups is 6. The van der Waals surface area contributed by atoms with Crippen LogP contribution in [0, 0.1) is 0 Å². The number of rotatable bonds is 2. The minimum atomic E-state index is -1.86. The van der Waals surface area contributed by atoms with Crippen molar-refractivity contribution in [2.45, 2.75) is 105 Å². The number of hydrogen-bond donors (Lipinski definition) is 8. The Labute approximate surface area is 228 Å². The first-order chi connectivity index (χ1) is 18.5. The molecule has 0 unspecified atom stereocenters. The first-order valence-electron chi connectivity index (χ1n) is 12.5. The lowest BCUT2D eigenvalue weighted by Crippen LogP contribution is -2.68. The van der Waals surface area contributed by atoms with E-state index in [1.807, 2.05) is 0 Å². The highest BCUT2D eigenvalue weighted by molar-refractivity contribution is 6.21. The normalized spacial score (nSPS) is 49.9. The van der Waals surface area contributed by atoms with Crippen molar-refractivity contribution in [2.75, 3.05) is 20.3 Å². The van der Waals surface area contributed by atoms with Crippen LogP contribution in [0.5, 0.6) is 0 Å². The molecule has 0 radical (unpaired) electrons. The molecule has 2 amide bonds. The monoisotopic (exact) mass is 586 g/mol. The number of hydrogen-bond acceptors (Lipinski definition) is 14. The number of nitrogens with one attached hydrogen (secondary N) is 2. The zero-order chi connectivity index (χ0) is 28.6. The van der Waals surface area contributed by atoms with Crippen molar-refractivity contribution < 1.29 is 68.6 Å². The zero-order valence-electron chi connectivity index (χ0n) is 21.1. The summed E-state index contributed by atoms with van der Waals surface area (Å²) in [7, 11) is 1.28. The third kappa shape index (κ3) is 6.18. The van der Waals surface area contributed by atoms with Crippen molar-refractivity contribution in [1.82, 2.24) is 10.6 Å². The van der Waals surface area contributed by atoms with Crippen LogP contribution in [0.1, 0.15) is 13.3 Å². The van der Waals surface area contributed by atoms with Crippen LogP contribution in [0.4, 0.5) is 0 Å². The Morgan fingerprint density at radius 2 is 1.59 bits per heavy atom. The Morgan fingerprint density at radius 3 is 2.26 bits per heavy atom. The van der Waals surface area contributed by atoms with Gasteiger partial charge in [-0.15, -0.1) is 11.6 Å². The first-order valence-corrected chi connectivity index (χ1v) is 12.9. The van der Waals surface area contributed by atoms with Gasteiger partial charge in [0.15, 0.2) is 25.0 Å². The van der Waals surface area contributed by atoms with E-state index >= 15 is 0 Å². The molecule has 8 N–H and O–H groups in total. The first kappa shape index (κ1) is 30.7. The molecule has 4 rings (SSSR count). The topological polar surface area (TPSA) is 235 Å². The third-order valence-corrected chi connectivity index (χ3v) is 7.67. The van der Waals surface area contributed by atoms with Gasteiger partial charge in [0.2, 0.25) is 5.91 Å². The summed E-state index contributed by atoms with van der Waals surface area (Å²) in [5, 5.41) is 66.3. The molecule has 4 aliphatic rings. The van der Waals surface area contributed by atoms with E-state index in [0.717, 1.165) is 0 Å². The van der Waals surface area contributed by atoms with Gasteiger partial charge in [0.25, 0.3) is 5.91 Å². The molecule has 4 heterocycles. The summed E-state index contributed by atoms with van der Waals surface area (Å²) in [6.07, 6.45) is -19.6. The lowest BCUT2D eigenvalue weighted by atomic mass is 9.95. The maximum Gasteiger partial charge on any atom is 0.252 e. The summed E-state index contributed by atoms with van der Waals surface area (Å²) >= 11 is 6.59. The van der Waals surface area contributed by atoms with Crippen LogP contribution in [-0.2, 0) is 38.0 Å². The molecule has 224 valence electrons. The molecule has 0 spiro atoms. The summed E-state index contributed by atoms with van der Waals surface area (Å²) in [6.45, 7) is 0.629. The summed E-state index contributed by atoms with van der Waals surface area (Å²) in [6, 6.07) is -1.14. The molecule has 15 atom stereocenters. The number of halogens is 1. The van der Waals surface area contributed by atoms with Crippen LogP contribution in [0.2, 0.25) is 0 Å². The van der Waals surface area contributed by atoms with Gasteiger partial charge in [0.1, 0.15) is 60.3 Å². The molecule has 17 heteroatoms. The molecule has 4 aliphatic heterocycles. The molecule has 0 aromatic carbocycles. The molecule has 16 nitrogen and oxygen atoms in total. The molecule has 0 aromatic rings. The van der Waals surface area contributed by atoms with E-state index in [9.17, 15) is 40.2 Å². The zero-order valence-corrected chi connectivity index (χ0v) is 21.9. The van der Waals surface area contributed by atoms with E-state index in [2.05, 4.69) is 10.6 Å². The van der Waals surface area contributed by atoms with E-state index in [-0.39, 0.29) is 13.0 Å². The molecule has 0 aliphatic carbocycles. The molecule has 39 heavy (non-hydrogen) atoms. The summed E-state index contributed by atoms with van der Waals surface area (Å²) in [5.41, 5.74) is 0. The average Bonchev–Trinajstić information content (AvgIpc) is 2.90. The SMILES string of the molecule is CO[C@@H]1O[C@H](CO)[C@@H](O)[C@@H]2O[C@@H]3O[C@@H](C)[C@H](O)[C@@H](O[C@@H]4O[C@@H](C(=O)NCCC(=O)N[C@H]12)[C@H](O)[C@@H](O)[C@H]4O)[C@H]3Cl. The Hall–Kier alpha value is -1.25. The van der Waals surface area contributed by atoms with Crippen LogP contribution >= 0.6 is 11.6 Å². The van der Waals surface area contributed by atoms with E-state index in [4.69, 9.17) is 40.0 Å². The van der Waals surface area contributed by atoms with E-state index in [0.29, 0.717) is 0 Å². The standard InChI is InChI=1S/C22H35ClN2O14/c1-6-11(28)16-9(23)20(35-6)38-17-10(21(34-2)36-7(5-26)12(17)29)25-8(27)3-4-24-19(33)18-14(31)13(30)15(32)22(37-16)39-18/h6-7,9-18,20-22,26,28-32H,3-5H2,1-2H3,(H,24,33)(H,25,27)/t6-,7+,9+,10-,11-,12+,13+,14+,15+,16-,17+,18+,20-,21+,22+/m0/s1. The lowest BCUT2D eigenvalue weighted by molar-refractivity contribution is -0.342. The molecule has 4 saturated heterocycles. The Bertz CT molecular complexity index is 873. The van der Waals surface area contributed by atoms with Gasteiger partial charge in [-0.1, -0.05) is 0 Å². The van der Waals surface area contributed by atoms with Gasteiger partial charge in [-0.2, -0.15) is 0 Å². The second-order valence-corrected chi connectivity index (χ2v) is 10.3. The van der Waals surface area contributed by atoms with Crippen LogP contribution in [0.15, 0.2) is 0 Å². The highest BCUT2D eigenvalue weighted by Crippen LogP contribution is 2.34. The predicted molar refractivity (Wildman–Crippen MR) is 125 cm³/mol. The summed E-state index contributed by atoms with van der Waals surface area (Å²) in [4.78, 5) is 25.5. The third-order valence-electron chi connectivity index (χ3n) is 7.22. The smallest absolute Gasteiger partial charge is 0.252 e. The fourth-order valence-electron chi connectivity index (χ4n) is 4.97. The maximum absolute atomic E-state index is 12.8. The predicted octanol–water partition coefficient (Wildman–Crippen LogP) is -4.99.